The van der Waals surface area contributed by atoms with Gasteiger partial charge in [0.25, 0.3) is 0 Å². The zero-order chi connectivity index (χ0) is 19.1. The third kappa shape index (κ3) is 2.99. The van der Waals surface area contributed by atoms with Crippen LogP contribution in [0.25, 0.3) is 21.9 Å². The number of benzene rings is 1. The molecule has 5 rings (SSSR count). The number of rotatable bonds is 6. The summed E-state index contributed by atoms with van der Waals surface area (Å²) in [6.07, 6.45) is 8.91. The molecule has 1 saturated carbocycles. The smallest absolute Gasteiger partial charge is 0.156 e. The number of hydrogen-bond acceptors (Lipinski definition) is 5. The topological polar surface area (TPSA) is 68.5 Å². The molecule has 0 amide bonds. The van der Waals surface area contributed by atoms with Crippen LogP contribution in [0.4, 0.5) is 5.82 Å². The van der Waals surface area contributed by atoms with Crippen LogP contribution in [-0.2, 0) is 0 Å². The minimum Gasteiger partial charge on any atom is -0.361 e. The number of fused-ring (bicyclic) bond motifs is 2. The zero-order valence-electron chi connectivity index (χ0n) is 16.2. The van der Waals surface area contributed by atoms with Gasteiger partial charge in [-0.3, -0.25) is 9.67 Å². The first-order chi connectivity index (χ1) is 13.7. The Morgan fingerprint density at radius 1 is 1.11 bits per heavy atom. The quantitative estimate of drug-likeness (QED) is 0.521. The molecular formula is C22H24N6. The number of nitrogens with zero attached hydrogens (tertiary/aromatic N) is 5. The number of aromatic nitrogens is 5. The van der Waals surface area contributed by atoms with Gasteiger partial charge in [-0.1, -0.05) is 25.1 Å². The fourth-order valence-corrected chi connectivity index (χ4v) is 3.81. The molecule has 4 aromatic rings. The van der Waals surface area contributed by atoms with Crippen LogP contribution in [-0.4, -0.2) is 24.7 Å². The second-order valence-corrected chi connectivity index (χ2v) is 7.72. The van der Waals surface area contributed by atoms with Crippen LogP contribution >= 0.6 is 0 Å². The monoisotopic (exact) mass is 372 g/mol. The molecule has 142 valence electrons. The highest BCUT2D eigenvalue weighted by atomic mass is 15.3. The average Bonchev–Trinajstić information content (AvgIpc) is 3.49. The van der Waals surface area contributed by atoms with Crippen LogP contribution in [0.15, 0.2) is 49.1 Å². The van der Waals surface area contributed by atoms with E-state index in [2.05, 4.69) is 63.5 Å². The molecule has 1 unspecified atom stereocenters. The van der Waals surface area contributed by atoms with E-state index in [-0.39, 0.29) is 6.04 Å². The lowest BCUT2D eigenvalue weighted by Crippen LogP contribution is -2.16. The van der Waals surface area contributed by atoms with Crippen LogP contribution in [0.3, 0.4) is 0 Å². The van der Waals surface area contributed by atoms with Crippen molar-refractivity contribution in [1.29, 1.82) is 0 Å². The molecule has 0 bridgehead atoms. The van der Waals surface area contributed by atoms with Gasteiger partial charge < -0.3 is 5.32 Å². The third-order valence-corrected chi connectivity index (χ3v) is 5.75. The maximum absolute atomic E-state index is 4.67. The maximum Gasteiger partial charge on any atom is 0.156 e. The normalized spacial score (nSPS) is 16.4. The third-order valence-electron chi connectivity index (χ3n) is 5.75. The van der Waals surface area contributed by atoms with Gasteiger partial charge >= 0.3 is 0 Å². The molecule has 0 saturated heterocycles. The SMILES string of the molecule is CCC(C)n1ncc2ncnc(N[C@@H](c3cnc4ccccc4c3)C3CC3)c21. The zero-order valence-corrected chi connectivity index (χ0v) is 16.2. The first kappa shape index (κ1) is 17.1. The molecule has 1 fully saturated rings. The lowest BCUT2D eigenvalue weighted by Gasteiger charge is -2.21. The Hall–Kier alpha value is -3.02. The number of nitrogens with one attached hydrogen (secondary N) is 1. The van der Waals surface area contributed by atoms with Crippen molar-refractivity contribution in [2.24, 2.45) is 5.92 Å². The molecule has 3 aromatic heterocycles. The molecule has 0 spiro atoms. The van der Waals surface area contributed by atoms with Gasteiger partial charge in [-0.25, -0.2) is 9.97 Å². The Kier molecular flexibility index (Phi) is 4.19. The predicted molar refractivity (Wildman–Crippen MR) is 111 cm³/mol. The van der Waals surface area contributed by atoms with E-state index < -0.39 is 0 Å². The molecule has 1 aromatic carbocycles. The second-order valence-electron chi connectivity index (χ2n) is 7.72. The summed E-state index contributed by atoms with van der Waals surface area (Å²) in [6.45, 7) is 4.34. The first-order valence-electron chi connectivity index (χ1n) is 10.0. The van der Waals surface area contributed by atoms with Crippen molar-refractivity contribution in [3.05, 3.63) is 54.6 Å². The van der Waals surface area contributed by atoms with Crippen LogP contribution < -0.4 is 5.32 Å². The van der Waals surface area contributed by atoms with Crippen LogP contribution in [0.1, 0.15) is 50.8 Å². The molecule has 3 heterocycles. The average molecular weight is 372 g/mol. The highest BCUT2D eigenvalue weighted by Gasteiger charge is 2.33. The summed E-state index contributed by atoms with van der Waals surface area (Å²) in [6, 6.07) is 11.0. The molecule has 0 aliphatic heterocycles. The van der Waals surface area contributed by atoms with Crippen LogP contribution in [0.5, 0.6) is 0 Å². The Balaban J connectivity index is 1.56. The first-order valence-corrected chi connectivity index (χ1v) is 10.0. The lowest BCUT2D eigenvalue weighted by molar-refractivity contribution is 0.492. The summed E-state index contributed by atoms with van der Waals surface area (Å²) in [4.78, 5) is 13.7. The van der Waals surface area contributed by atoms with Gasteiger partial charge in [0.1, 0.15) is 17.4 Å². The van der Waals surface area contributed by atoms with E-state index in [9.17, 15) is 0 Å². The summed E-state index contributed by atoms with van der Waals surface area (Å²) in [5.41, 5.74) is 4.10. The van der Waals surface area contributed by atoms with Gasteiger partial charge in [-0.15, -0.1) is 0 Å². The van der Waals surface area contributed by atoms with Gasteiger partial charge in [0.15, 0.2) is 5.82 Å². The summed E-state index contributed by atoms with van der Waals surface area (Å²) < 4.78 is 2.04. The standard InChI is InChI=1S/C22H24N6/c1-3-14(2)28-21-19(12-26-28)24-13-25-22(21)27-20(15-8-9-15)17-10-16-6-4-5-7-18(16)23-11-17/h4-7,10-15,20H,3,8-9H2,1-2H3,(H,24,25,27)/t14?,20-/m1/s1. The van der Waals surface area contributed by atoms with Crippen molar-refractivity contribution >= 4 is 27.8 Å². The molecule has 28 heavy (non-hydrogen) atoms. The number of hydrogen-bond donors (Lipinski definition) is 1. The van der Waals surface area contributed by atoms with Gasteiger partial charge in [-0.2, -0.15) is 5.10 Å². The van der Waals surface area contributed by atoms with Crippen molar-refractivity contribution in [3.63, 3.8) is 0 Å². The molecule has 2 atom stereocenters. The van der Waals surface area contributed by atoms with Crippen LogP contribution in [0, 0.1) is 5.92 Å². The molecule has 1 aliphatic carbocycles. The predicted octanol–water partition coefficient (Wildman–Crippen LogP) is 4.91. The lowest BCUT2D eigenvalue weighted by atomic mass is 10.0. The Morgan fingerprint density at radius 3 is 2.79 bits per heavy atom. The van der Waals surface area contributed by atoms with Crippen molar-refractivity contribution in [3.8, 4) is 0 Å². The molecule has 6 nitrogen and oxygen atoms in total. The number of pyridine rings is 1. The Morgan fingerprint density at radius 2 is 1.96 bits per heavy atom. The summed E-state index contributed by atoms with van der Waals surface area (Å²) >= 11 is 0. The van der Waals surface area contributed by atoms with E-state index in [4.69, 9.17) is 0 Å². The van der Waals surface area contributed by atoms with E-state index in [1.807, 2.05) is 23.1 Å². The Bertz CT molecular complexity index is 1130. The summed E-state index contributed by atoms with van der Waals surface area (Å²) in [5, 5.41) is 9.46. The van der Waals surface area contributed by atoms with E-state index in [1.54, 1.807) is 6.33 Å². The number of para-hydroxylation sites is 1. The minimum absolute atomic E-state index is 0.190. The Labute approximate surface area is 164 Å². The van der Waals surface area contributed by atoms with Gasteiger partial charge in [-0.05, 0) is 49.8 Å². The van der Waals surface area contributed by atoms with Gasteiger partial charge in [0.2, 0.25) is 0 Å². The van der Waals surface area contributed by atoms with E-state index >= 15 is 0 Å². The van der Waals surface area contributed by atoms with E-state index in [1.165, 1.54) is 23.8 Å². The summed E-state index contributed by atoms with van der Waals surface area (Å²) in [5.74, 6) is 1.46. The molecule has 1 N–H and O–H groups in total. The largest absolute Gasteiger partial charge is 0.361 e. The van der Waals surface area contributed by atoms with Crippen molar-refractivity contribution in [1.82, 2.24) is 24.7 Å². The number of anilines is 1. The fraction of sp³-hybridized carbons (Fsp3) is 0.364. The molecule has 6 heteroatoms. The highest BCUT2D eigenvalue weighted by Crippen LogP contribution is 2.43. The molecule has 1 aliphatic rings. The molecular weight excluding hydrogens is 348 g/mol. The van der Waals surface area contributed by atoms with Crippen molar-refractivity contribution < 1.29 is 0 Å². The fourth-order valence-electron chi connectivity index (χ4n) is 3.81. The second kappa shape index (κ2) is 6.86. The summed E-state index contributed by atoms with van der Waals surface area (Å²) in [7, 11) is 0. The highest BCUT2D eigenvalue weighted by molar-refractivity contribution is 5.85. The van der Waals surface area contributed by atoms with Crippen molar-refractivity contribution in [2.45, 2.75) is 45.2 Å². The van der Waals surface area contributed by atoms with Gasteiger partial charge in [0, 0.05) is 17.6 Å². The molecule has 0 radical (unpaired) electrons. The van der Waals surface area contributed by atoms with Gasteiger partial charge in [0.05, 0.1) is 17.8 Å². The van der Waals surface area contributed by atoms with E-state index in [0.717, 1.165) is 28.8 Å². The van der Waals surface area contributed by atoms with Crippen molar-refractivity contribution in [2.75, 3.05) is 5.32 Å². The van der Waals surface area contributed by atoms with E-state index in [0.29, 0.717) is 12.0 Å². The minimum atomic E-state index is 0.190. The maximum atomic E-state index is 4.67. The van der Waals surface area contributed by atoms with Crippen LogP contribution in [0.2, 0.25) is 0 Å².